The van der Waals surface area contributed by atoms with Gasteiger partial charge in [-0.15, -0.1) is 0 Å². The van der Waals surface area contributed by atoms with E-state index in [2.05, 4.69) is 0 Å². The van der Waals surface area contributed by atoms with E-state index in [1.807, 2.05) is 30.3 Å². The summed E-state index contributed by atoms with van der Waals surface area (Å²) in [7, 11) is -2.06. The fourth-order valence-electron chi connectivity index (χ4n) is 1.27. The molecule has 1 aromatic rings. The van der Waals surface area contributed by atoms with Gasteiger partial charge in [-0.05, 0) is 11.6 Å². The monoisotopic (exact) mass is 226 g/mol. The van der Waals surface area contributed by atoms with Gasteiger partial charge in [0.05, 0.1) is 21.6 Å². The maximum Gasteiger partial charge on any atom is 0.103 e. The molecule has 0 spiro atoms. The van der Waals surface area contributed by atoms with Crippen LogP contribution in [0.15, 0.2) is 34.6 Å². The first-order chi connectivity index (χ1) is 6.77. The summed E-state index contributed by atoms with van der Waals surface area (Å²) in [5, 5.41) is 0. The third kappa shape index (κ3) is 2.01. The van der Waals surface area contributed by atoms with Gasteiger partial charge in [-0.2, -0.15) is 0 Å². The molecule has 1 aliphatic rings. The van der Waals surface area contributed by atoms with Crippen molar-refractivity contribution in [1.29, 1.82) is 0 Å². The van der Waals surface area contributed by atoms with E-state index in [1.165, 1.54) is 0 Å². The Bertz CT molecular complexity index is 391. The molecular weight excluding hydrogens is 216 g/mol. The summed E-state index contributed by atoms with van der Waals surface area (Å²) < 4.78 is 23.5. The lowest BCUT2D eigenvalue weighted by molar-refractivity contribution is 0.689. The molecular formula is C10H10O2S2. The molecule has 0 saturated carbocycles. The lowest BCUT2D eigenvalue weighted by atomic mass is 10.2. The van der Waals surface area contributed by atoms with E-state index in [4.69, 9.17) is 0 Å². The zero-order valence-electron chi connectivity index (χ0n) is 7.51. The van der Waals surface area contributed by atoms with Gasteiger partial charge in [0.25, 0.3) is 0 Å². The Hall–Kier alpha value is -0.740. The molecule has 0 radical (unpaired) electrons. The van der Waals surface area contributed by atoms with Gasteiger partial charge in [0, 0.05) is 11.5 Å². The van der Waals surface area contributed by atoms with E-state index in [0.29, 0.717) is 15.7 Å². The predicted octanol–water partition coefficient (Wildman–Crippen LogP) is 1.50. The summed E-state index contributed by atoms with van der Waals surface area (Å²) in [6.45, 7) is 0. The van der Waals surface area contributed by atoms with Crippen molar-refractivity contribution in [3.8, 4) is 0 Å². The third-order valence-corrected chi connectivity index (χ3v) is 5.64. The molecule has 74 valence electrons. The van der Waals surface area contributed by atoms with Crippen LogP contribution in [0.1, 0.15) is 5.56 Å². The highest BCUT2D eigenvalue weighted by molar-refractivity contribution is 8.11. The van der Waals surface area contributed by atoms with Crippen LogP contribution in [0.25, 0.3) is 6.08 Å². The summed E-state index contributed by atoms with van der Waals surface area (Å²) in [5.74, 6) is 1.07. The van der Waals surface area contributed by atoms with Crippen molar-refractivity contribution in [1.82, 2.24) is 0 Å². The molecule has 1 saturated heterocycles. The van der Waals surface area contributed by atoms with E-state index >= 15 is 0 Å². The Balaban J connectivity index is 2.35. The van der Waals surface area contributed by atoms with Crippen LogP contribution in [0.2, 0.25) is 0 Å². The Labute approximate surface area is 87.9 Å². The molecule has 0 bridgehead atoms. The summed E-state index contributed by atoms with van der Waals surface area (Å²) >= 11 is 0. The van der Waals surface area contributed by atoms with Gasteiger partial charge in [-0.1, -0.05) is 30.3 Å². The maximum absolute atomic E-state index is 11.4. The summed E-state index contributed by atoms with van der Waals surface area (Å²) in [4.78, 5) is 0. The molecule has 0 amide bonds. The molecule has 2 nitrogen and oxygen atoms in total. The zero-order chi connectivity index (χ0) is 9.97. The fraction of sp³-hybridized carbons (Fsp3) is 0.200. The van der Waals surface area contributed by atoms with Crippen LogP contribution in [-0.4, -0.2) is 19.9 Å². The van der Waals surface area contributed by atoms with Gasteiger partial charge in [0.1, 0.15) is 4.24 Å². The first kappa shape index (κ1) is 9.80. The van der Waals surface area contributed by atoms with Crippen molar-refractivity contribution >= 4 is 27.7 Å². The minimum atomic E-state index is -1.03. The highest BCUT2D eigenvalue weighted by atomic mass is 32.2. The molecule has 14 heavy (non-hydrogen) atoms. The van der Waals surface area contributed by atoms with Crippen molar-refractivity contribution < 1.29 is 8.42 Å². The topological polar surface area (TPSA) is 34.1 Å². The van der Waals surface area contributed by atoms with Crippen molar-refractivity contribution in [2.45, 2.75) is 0 Å². The second-order valence-electron chi connectivity index (χ2n) is 2.97. The van der Waals surface area contributed by atoms with Crippen molar-refractivity contribution in [2.24, 2.45) is 0 Å². The summed E-state index contributed by atoms with van der Waals surface area (Å²) in [5.41, 5.74) is 0.964. The molecule has 1 heterocycles. The Kier molecular flexibility index (Phi) is 2.93. The molecule has 1 aliphatic heterocycles. The second-order valence-corrected chi connectivity index (χ2v) is 6.31. The van der Waals surface area contributed by atoms with Crippen LogP contribution in [0.3, 0.4) is 0 Å². The Morgan fingerprint density at radius 2 is 1.57 bits per heavy atom. The SMILES string of the molecule is O=[S@@]1CC[S@@](=O)C1=Cc1ccccc1. The predicted molar refractivity (Wildman–Crippen MR) is 60.4 cm³/mol. The fourth-order valence-corrected chi connectivity index (χ4v) is 4.75. The number of benzene rings is 1. The van der Waals surface area contributed by atoms with E-state index in [1.54, 1.807) is 6.08 Å². The largest absolute Gasteiger partial charge is 0.254 e. The van der Waals surface area contributed by atoms with Crippen molar-refractivity contribution in [3.63, 3.8) is 0 Å². The summed E-state index contributed by atoms with van der Waals surface area (Å²) in [6.07, 6.45) is 1.78. The van der Waals surface area contributed by atoms with E-state index in [-0.39, 0.29) is 0 Å². The maximum atomic E-state index is 11.4. The minimum absolute atomic E-state index is 0.533. The quantitative estimate of drug-likeness (QED) is 0.727. The standard InChI is InChI=1S/C10H10O2S2/c11-13-6-7-14(12)10(13)8-9-4-2-1-3-5-9/h1-5,8H,6-7H2/t13-,14-/m1/s1. The molecule has 0 N–H and O–H groups in total. The Morgan fingerprint density at radius 3 is 2.14 bits per heavy atom. The molecule has 2 rings (SSSR count). The number of hydrogen-bond donors (Lipinski definition) is 0. The van der Waals surface area contributed by atoms with Crippen molar-refractivity contribution in [2.75, 3.05) is 11.5 Å². The molecule has 1 fully saturated rings. The highest BCUT2D eigenvalue weighted by Crippen LogP contribution is 2.19. The molecule has 0 unspecified atom stereocenters. The average molecular weight is 226 g/mol. The Morgan fingerprint density at radius 1 is 1.00 bits per heavy atom. The number of hydrogen-bond acceptors (Lipinski definition) is 2. The lowest BCUT2D eigenvalue weighted by Crippen LogP contribution is -1.89. The first-order valence-corrected chi connectivity index (χ1v) is 6.94. The zero-order valence-corrected chi connectivity index (χ0v) is 9.14. The van der Waals surface area contributed by atoms with Crippen LogP contribution in [0, 0.1) is 0 Å². The van der Waals surface area contributed by atoms with Gasteiger partial charge >= 0.3 is 0 Å². The highest BCUT2D eigenvalue weighted by Gasteiger charge is 2.23. The van der Waals surface area contributed by atoms with E-state index in [9.17, 15) is 8.42 Å². The lowest BCUT2D eigenvalue weighted by Gasteiger charge is -1.95. The van der Waals surface area contributed by atoms with Crippen LogP contribution in [0.4, 0.5) is 0 Å². The van der Waals surface area contributed by atoms with Gasteiger partial charge in [0.2, 0.25) is 0 Å². The second kappa shape index (κ2) is 4.19. The van der Waals surface area contributed by atoms with Gasteiger partial charge in [0.15, 0.2) is 0 Å². The smallest absolute Gasteiger partial charge is 0.103 e. The molecule has 1 aromatic carbocycles. The van der Waals surface area contributed by atoms with Crippen LogP contribution in [-0.2, 0) is 21.6 Å². The van der Waals surface area contributed by atoms with Crippen LogP contribution in [0.5, 0.6) is 0 Å². The van der Waals surface area contributed by atoms with Crippen molar-refractivity contribution in [3.05, 3.63) is 40.1 Å². The summed E-state index contributed by atoms with van der Waals surface area (Å²) in [6, 6.07) is 9.57. The molecule has 0 aromatic heterocycles. The van der Waals surface area contributed by atoms with Gasteiger partial charge < -0.3 is 0 Å². The third-order valence-electron chi connectivity index (χ3n) is 1.99. The molecule has 4 heteroatoms. The molecule has 0 aliphatic carbocycles. The van der Waals surface area contributed by atoms with E-state index < -0.39 is 21.6 Å². The first-order valence-electron chi connectivity index (χ1n) is 4.31. The van der Waals surface area contributed by atoms with E-state index in [0.717, 1.165) is 5.56 Å². The average Bonchev–Trinajstić information content (AvgIpc) is 2.51. The van der Waals surface area contributed by atoms with Gasteiger partial charge in [-0.25, -0.2) is 0 Å². The minimum Gasteiger partial charge on any atom is -0.254 e. The van der Waals surface area contributed by atoms with Crippen LogP contribution < -0.4 is 0 Å². The van der Waals surface area contributed by atoms with Crippen LogP contribution >= 0.6 is 0 Å². The number of rotatable bonds is 1. The van der Waals surface area contributed by atoms with Gasteiger partial charge in [-0.3, -0.25) is 8.42 Å². The normalized spacial score (nSPS) is 26.4. The molecule has 2 atom stereocenters.